The molecule has 0 saturated carbocycles. The Labute approximate surface area is 139 Å². The second-order valence-corrected chi connectivity index (χ2v) is 5.44. The standard InChI is InChI=1S/C19H18N2O3/c1-13-7-10-18(24-13)14(2)20-21-19(22)12-23-17-9-8-15-5-3-4-6-16(15)11-17/h3-11H,12H2,1-2H3,(H,21,22)/b20-14-. The van der Waals surface area contributed by atoms with Gasteiger partial charge in [-0.2, -0.15) is 5.10 Å². The lowest BCUT2D eigenvalue weighted by Gasteiger charge is -2.06. The Balaban J connectivity index is 1.56. The van der Waals surface area contributed by atoms with Gasteiger partial charge in [-0.05, 0) is 48.9 Å². The van der Waals surface area contributed by atoms with E-state index in [0.29, 0.717) is 17.2 Å². The summed E-state index contributed by atoms with van der Waals surface area (Å²) >= 11 is 0. The molecule has 5 nitrogen and oxygen atoms in total. The molecular formula is C19H18N2O3. The Bertz CT molecular complexity index is 896. The second kappa shape index (κ2) is 7.00. The Morgan fingerprint density at radius 2 is 1.92 bits per heavy atom. The molecular weight excluding hydrogens is 304 g/mol. The SMILES string of the molecule is C/C(=N/NC(=O)COc1ccc2ccccc2c1)c1ccc(C)o1. The van der Waals surface area contributed by atoms with Gasteiger partial charge in [0.2, 0.25) is 0 Å². The van der Waals surface area contributed by atoms with Gasteiger partial charge in [0.05, 0.1) is 0 Å². The van der Waals surface area contributed by atoms with Gasteiger partial charge >= 0.3 is 0 Å². The number of furan rings is 1. The van der Waals surface area contributed by atoms with E-state index in [9.17, 15) is 4.79 Å². The van der Waals surface area contributed by atoms with E-state index >= 15 is 0 Å². The minimum atomic E-state index is -0.328. The van der Waals surface area contributed by atoms with Crippen LogP contribution in [0.1, 0.15) is 18.4 Å². The number of hydrogen-bond donors (Lipinski definition) is 1. The van der Waals surface area contributed by atoms with Crippen LogP contribution >= 0.6 is 0 Å². The van der Waals surface area contributed by atoms with Gasteiger partial charge in [0, 0.05) is 0 Å². The number of fused-ring (bicyclic) bond motifs is 1. The molecule has 1 heterocycles. The van der Waals surface area contributed by atoms with Gasteiger partial charge in [-0.25, -0.2) is 5.43 Å². The zero-order valence-corrected chi connectivity index (χ0v) is 13.6. The molecule has 1 aromatic heterocycles. The van der Waals surface area contributed by atoms with E-state index in [1.165, 1.54) is 0 Å². The Hall–Kier alpha value is -3.08. The molecule has 0 bridgehead atoms. The number of amides is 1. The largest absolute Gasteiger partial charge is 0.484 e. The molecule has 0 saturated heterocycles. The first-order chi connectivity index (χ1) is 11.6. The molecule has 2 aromatic carbocycles. The van der Waals surface area contributed by atoms with Crippen LogP contribution in [0.15, 0.2) is 64.1 Å². The number of nitrogens with one attached hydrogen (secondary N) is 1. The average Bonchev–Trinajstić information content (AvgIpc) is 3.04. The van der Waals surface area contributed by atoms with E-state index < -0.39 is 0 Å². The number of aryl methyl sites for hydroxylation is 1. The molecule has 0 radical (unpaired) electrons. The molecule has 122 valence electrons. The van der Waals surface area contributed by atoms with Gasteiger partial charge in [0.25, 0.3) is 5.91 Å². The van der Waals surface area contributed by atoms with Crippen molar-refractivity contribution < 1.29 is 13.9 Å². The number of rotatable bonds is 5. The van der Waals surface area contributed by atoms with Crippen molar-refractivity contribution in [1.82, 2.24) is 5.43 Å². The zero-order chi connectivity index (χ0) is 16.9. The van der Waals surface area contributed by atoms with Gasteiger partial charge in [-0.3, -0.25) is 4.79 Å². The van der Waals surface area contributed by atoms with Crippen molar-refractivity contribution in [1.29, 1.82) is 0 Å². The van der Waals surface area contributed by atoms with Crippen LogP contribution in [-0.2, 0) is 4.79 Å². The van der Waals surface area contributed by atoms with E-state index in [1.54, 1.807) is 6.92 Å². The molecule has 0 spiro atoms. The number of hydrazone groups is 1. The van der Waals surface area contributed by atoms with Crippen molar-refractivity contribution in [2.75, 3.05) is 6.61 Å². The van der Waals surface area contributed by atoms with E-state index in [1.807, 2.05) is 61.5 Å². The van der Waals surface area contributed by atoms with E-state index in [0.717, 1.165) is 16.5 Å². The summed E-state index contributed by atoms with van der Waals surface area (Å²) in [6.45, 7) is 3.52. The van der Waals surface area contributed by atoms with Gasteiger partial charge < -0.3 is 9.15 Å². The van der Waals surface area contributed by atoms with Crippen molar-refractivity contribution in [3.63, 3.8) is 0 Å². The maximum atomic E-state index is 11.8. The highest BCUT2D eigenvalue weighted by Crippen LogP contribution is 2.20. The van der Waals surface area contributed by atoms with Crippen LogP contribution in [-0.4, -0.2) is 18.2 Å². The van der Waals surface area contributed by atoms with Crippen LogP contribution in [0.25, 0.3) is 10.8 Å². The first-order valence-electron chi connectivity index (χ1n) is 7.63. The molecule has 5 heteroatoms. The maximum absolute atomic E-state index is 11.8. The summed E-state index contributed by atoms with van der Waals surface area (Å²) in [7, 11) is 0. The Kier molecular flexibility index (Phi) is 4.61. The number of carbonyl (C=O) groups is 1. The van der Waals surface area contributed by atoms with Crippen LogP contribution in [0.5, 0.6) is 5.75 Å². The summed E-state index contributed by atoms with van der Waals surface area (Å²) in [6.07, 6.45) is 0. The number of carbonyl (C=O) groups excluding carboxylic acids is 1. The van der Waals surface area contributed by atoms with Crippen LogP contribution in [0.2, 0.25) is 0 Å². The Morgan fingerprint density at radius 1 is 1.12 bits per heavy atom. The van der Waals surface area contributed by atoms with Crippen molar-refractivity contribution in [2.24, 2.45) is 5.10 Å². The lowest BCUT2D eigenvalue weighted by atomic mass is 10.1. The van der Waals surface area contributed by atoms with Gasteiger partial charge in [0.15, 0.2) is 6.61 Å². The summed E-state index contributed by atoms with van der Waals surface area (Å²) in [5.41, 5.74) is 3.06. The monoisotopic (exact) mass is 322 g/mol. The number of hydrogen-bond acceptors (Lipinski definition) is 4. The maximum Gasteiger partial charge on any atom is 0.277 e. The third kappa shape index (κ3) is 3.81. The van der Waals surface area contributed by atoms with E-state index in [2.05, 4.69) is 10.5 Å². The smallest absolute Gasteiger partial charge is 0.277 e. The molecule has 1 N–H and O–H groups in total. The summed E-state index contributed by atoms with van der Waals surface area (Å²) < 4.78 is 10.9. The summed E-state index contributed by atoms with van der Waals surface area (Å²) in [4.78, 5) is 11.8. The average molecular weight is 322 g/mol. The lowest BCUT2D eigenvalue weighted by Crippen LogP contribution is -2.25. The molecule has 3 aromatic rings. The summed E-state index contributed by atoms with van der Waals surface area (Å²) in [5, 5.41) is 6.21. The molecule has 1 amide bonds. The summed E-state index contributed by atoms with van der Waals surface area (Å²) in [6, 6.07) is 17.3. The number of benzene rings is 2. The minimum absolute atomic E-state index is 0.105. The van der Waals surface area contributed by atoms with Crippen molar-refractivity contribution in [3.05, 3.63) is 66.1 Å². The normalized spacial score (nSPS) is 11.5. The predicted molar refractivity (Wildman–Crippen MR) is 93.2 cm³/mol. The molecule has 0 fully saturated rings. The topological polar surface area (TPSA) is 63.8 Å². The minimum Gasteiger partial charge on any atom is -0.484 e. The molecule has 0 aliphatic carbocycles. The fourth-order valence-electron chi connectivity index (χ4n) is 2.27. The molecule has 0 unspecified atom stereocenters. The lowest BCUT2D eigenvalue weighted by molar-refractivity contribution is -0.123. The van der Waals surface area contributed by atoms with Gasteiger partial charge in [-0.1, -0.05) is 30.3 Å². The summed E-state index contributed by atoms with van der Waals surface area (Å²) in [5.74, 6) is 1.74. The van der Waals surface area contributed by atoms with Crippen molar-refractivity contribution in [2.45, 2.75) is 13.8 Å². The van der Waals surface area contributed by atoms with E-state index in [4.69, 9.17) is 9.15 Å². The third-order valence-electron chi connectivity index (χ3n) is 3.54. The molecule has 0 atom stereocenters. The molecule has 24 heavy (non-hydrogen) atoms. The first-order valence-corrected chi connectivity index (χ1v) is 7.63. The van der Waals surface area contributed by atoms with Crippen LogP contribution in [0, 0.1) is 6.92 Å². The number of nitrogens with zero attached hydrogens (tertiary/aromatic N) is 1. The van der Waals surface area contributed by atoms with Crippen molar-refractivity contribution in [3.8, 4) is 5.75 Å². The van der Waals surface area contributed by atoms with Crippen LogP contribution in [0.4, 0.5) is 0 Å². The fraction of sp³-hybridized carbons (Fsp3) is 0.158. The van der Waals surface area contributed by atoms with Gasteiger partial charge in [-0.15, -0.1) is 0 Å². The highest BCUT2D eigenvalue weighted by Gasteiger charge is 2.05. The zero-order valence-electron chi connectivity index (χ0n) is 13.6. The van der Waals surface area contributed by atoms with Crippen molar-refractivity contribution >= 4 is 22.4 Å². The fourth-order valence-corrected chi connectivity index (χ4v) is 2.27. The highest BCUT2D eigenvalue weighted by atomic mass is 16.5. The second-order valence-electron chi connectivity index (χ2n) is 5.44. The quantitative estimate of drug-likeness (QED) is 0.576. The predicted octanol–water partition coefficient (Wildman–Crippen LogP) is 3.66. The van der Waals surface area contributed by atoms with E-state index in [-0.39, 0.29) is 12.5 Å². The molecule has 0 aliphatic rings. The van der Waals surface area contributed by atoms with Crippen LogP contribution in [0.3, 0.4) is 0 Å². The molecule has 3 rings (SSSR count). The first kappa shape index (κ1) is 15.8. The highest BCUT2D eigenvalue weighted by molar-refractivity contribution is 5.97. The third-order valence-corrected chi connectivity index (χ3v) is 3.54. The van der Waals surface area contributed by atoms with Gasteiger partial charge in [0.1, 0.15) is 23.0 Å². The van der Waals surface area contributed by atoms with Crippen LogP contribution < -0.4 is 10.2 Å². The Morgan fingerprint density at radius 3 is 2.67 bits per heavy atom. The number of ether oxygens (including phenoxy) is 1. The molecule has 0 aliphatic heterocycles.